The highest BCUT2D eigenvalue weighted by Crippen LogP contribution is 2.36. The van der Waals surface area contributed by atoms with Gasteiger partial charge in [0.25, 0.3) is 0 Å². The van der Waals surface area contributed by atoms with Crippen molar-refractivity contribution in [1.29, 1.82) is 0 Å². The summed E-state index contributed by atoms with van der Waals surface area (Å²) < 4.78 is 36.2. The molecule has 0 radical (unpaired) electrons. The standard InChI is InChI=1S/C6H5F3N2O2S/c7-6(8,9)5(10)3-1-2-4(14-3)11(12)13/h1-2,5H,10H2/t5-/m1/s1. The van der Waals surface area contributed by atoms with E-state index in [4.69, 9.17) is 5.73 Å². The van der Waals surface area contributed by atoms with Gasteiger partial charge in [0.1, 0.15) is 6.04 Å². The summed E-state index contributed by atoms with van der Waals surface area (Å²) in [6.45, 7) is 0. The van der Waals surface area contributed by atoms with Crippen molar-refractivity contribution in [3.8, 4) is 0 Å². The monoisotopic (exact) mass is 226 g/mol. The Morgan fingerprint density at radius 2 is 2.07 bits per heavy atom. The van der Waals surface area contributed by atoms with Gasteiger partial charge in [0.05, 0.1) is 4.92 Å². The Kier molecular flexibility index (Phi) is 2.76. The lowest BCUT2D eigenvalue weighted by Crippen LogP contribution is -2.27. The molecule has 8 heteroatoms. The lowest BCUT2D eigenvalue weighted by Gasteiger charge is -2.12. The molecule has 78 valence electrons. The SMILES string of the molecule is N[C@H](c1ccc([N+](=O)[O-])s1)C(F)(F)F. The molecule has 1 rings (SSSR count). The number of nitrogens with two attached hydrogens (primary N) is 1. The van der Waals surface area contributed by atoms with Crippen LogP contribution in [0.4, 0.5) is 18.2 Å². The summed E-state index contributed by atoms with van der Waals surface area (Å²) in [7, 11) is 0. The topological polar surface area (TPSA) is 69.2 Å². The summed E-state index contributed by atoms with van der Waals surface area (Å²) in [5.74, 6) is 0. The lowest BCUT2D eigenvalue weighted by molar-refractivity contribution is -0.380. The maximum atomic E-state index is 12.1. The van der Waals surface area contributed by atoms with Gasteiger partial charge < -0.3 is 5.73 Å². The molecular formula is C6H5F3N2O2S. The molecule has 0 amide bonds. The van der Waals surface area contributed by atoms with Gasteiger partial charge in [-0.15, -0.1) is 0 Å². The molecular weight excluding hydrogens is 221 g/mol. The highest BCUT2D eigenvalue weighted by molar-refractivity contribution is 7.15. The van der Waals surface area contributed by atoms with E-state index in [9.17, 15) is 23.3 Å². The Morgan fingerprint density at radius 1 is 1.50 bits per heavy atom. The van der Waals surface area contributed by atoms with E-state index in [1.54, 1.807) is 0 Å². The molecule has 0 aromatic carbocycles. The Hall–Kier alpha value is -1.15. The molecule has 1 aromatic heterocycles. The van der Waals surface area contributed by atoms with Gasteiger partial charge >= 0.3 is 11.2 Å². The van der Waals surface area contributed by atoms with Crippen molar-refractivity contribution in [2.45, 2.75) is 12.2 Å². The number of hydrogen-bond acceptors (Lipinski definition) is 4. The van der Waals surface area contributed by atoms with E-state index >= 15 is 0 Å². The number of hydrogen-bond donors (Lipinski definition) is 1. The van der Waals surface area contributed by atoms with Crippen molar-refractivity contribution in [1.82, 2.24) is 0 Å². The molecule has 4 nitrogen and oxygen atoms in total. The number of alkyl halides is 3. The van der Waals surface area contributed by atoms with Gasteiger partial charge in [0.15, 0.2) is 0 Å². The molecule has 0 saturated carbocycles. The number of halogens is 3. The second-order valence-corrected chi connectivity index (χ2v) is 3.55. The lowest BCUT2D eigenvalue weighted by atomic mass is 10.2. The van der Waals surface area contributed by atoms with Crippen LogP contribution in [0.1, 0.15) is 10.9 Å². The van der Waals surface area contributed by atoms with Gasteiger partial charge in [-0.2, -0.15) is 13.2 Å². The first kappa shape index (κ1) is 10.9. The van der Waals surface area contributed by atoms with Crippen LogP contribution in [0.15, 0.2) is 12.1 Å². The molecule has 0 unspecified atom stereocenters. The number of rotatable bonds is 2. The van der Waals surface area contributed by atoms with Crippen molar-refractivity contribution < 1.29 is 18.1 Å². The minimum atomic E-state index is -4.57. The van der Waals surface area contributed by atoms with Crippen LogP contribution < -0.4 is 5.73 Å². The van der Waals surface area contributed by atoms with Gasteiger partial charge in [-0.25, -0.2) is 0 Å². The average Bonchev–Trinajstić information content (AvgIpc) is 2.48. The third-order valence-corrected chi connectivity index (χ3v) is 2.57. The van der Waals surface area contributed by atoms with Gasteiger partial charge in [0.2, 0.25) is 0 Å². The van der Waals surface area contributed by atoms with Crippen LogP contribution >= 0.6 is 11.3 Å². The molecule has 0 spiro atoms. The van der Waals surface area contributed by atoms with E-state index in [1.165, 1.54) is 0 Å². The normalized spacial score (nSPS) is 14.0. The quantitative estimate of drug-likeness (QED) is 0.620. The number of thiophene rings is 1. The van der Waals surface area contributed by atoms with Crippen molar-refractivity contribution in [2.75, 3.05) is 0 Å². The van der Waals surface area contributed by atoms with Gasteiger partial charge in [-0.1, -0.05) is 11.3 Å². The van der Waals surface area contributed by atoms with Crippen LogP contribution in [-0.2, 0) is 0 Å². The minimum Gasteiger partial charge on any atom is -0.316 e. The molecule has 14 heavy (non-hydrogen) atoms. The number of nitro groups is 1. The molecule has 2 N–H and O–H groups in total. The maximum Gasteiger partial charge on any atom is 0.408 e. The minimum absolute atomic E-state index is 0.260. The molecule has 0 bridgehead atoms. The Balaban J connectivity index is 2.92. The summed E-state index contributed by atoms with van der Waals surface area (Å²) in [6.07, 6.45) is -4.57. The second-order valence-electron chi connectivity index (χ2n) is 2.45. The fourth-order valence-electron chi connectivity index (χ4n) is 0.769. The third kappa shape index (κ3) is 2.20. The summed E-state index contributed by atoms with van der Waals surface area (Å²) >= 11 is 0.432. The van der Waals surface area contributed by atoms with Crippen LogP contribution in [0, 0.1) is 10.1 Å². The van der Waals surface area contributed by atoms with Crippen LogP contribution in [0.2, 0.25) is 0 Å². The summed E-state index contributed by atoms with van der Waals surface area (Å²) in [5.41, 5.74) is 4.85. The van der Waals surface area contributed by atoms with E-state index < -0.39 is 17.1 Å². The van der Waals surface area contributed by atoms with Crippen molar-refractivity contribution >= 4 is 16.3 Å². The first-order valence-corrected chi connectivity index (χ1v) is 4.20. The van der Waals surface area contributed by atoms with E-state index in [0.717, 1.165) is 12.1 Å². The van der Waals surface area contributed by atoms with Crippen molar-refractivity contribution in [2.24, 2.45) is 5.73 Å². The molecule has 1 atom stereocenters. The highest BCUT2D eigenvalue weighted by atomic mass is 32.1. The third-order valence-electron chi connectivity index (χ3n) is 1.45. The Bertz CT molecular complexity index is 349. The second kappa shape index (κ2) is 3.54. The first-order chi connectivity index (χ1) is 6.32. The number of nitrogens with zero attached hydrogens (tertiary/aromatic N) is 1. The van der Waals surface area contributed by atoms with Gasteiger partial charge in [-0.05, 0) is 6.07 Å². The molecule has 0 saturated heterocycles. The summed E-state index contributed by atoms with van der Waals surface area (Å²) in [6, 6.07) is -0.131. The zero-order valence-corrected chi connectivity index (χ0v) is 7.43. The molecule has 0 aliphatic heterocycles. The summed E-state index contributed by atoms with van der Waals surface area (Å²) in [4.78, 5) is 9.17. The van der Waals surface area contributed by atoms with E-state index in [1.807, 2.05) is 0 Å². The molecule has 0 aliphatic rings. The van der Waals surface area contributed by atoms with Crippen molar-refractivity contribution in [3.05, 3.63) is 27.1 Å². The largest absolute Gasteiger partial charge is 0.408 e. The molecule has 0 aliphatic carbocycles. The molecule has 1 heterocycles. The molecule has 1 aromatic rings. The highest BCUT2D eigenvalue weighted by Gasteiger charge is 2.39. The molecule has 0 fully saturated rings. The van der Waals surface area contributed by atoms with Gasteiger partial charge in [0, 0.05) is 10.9 Å². The fourth-order valence-corrected chi connectivity index (χ4v) is 1.62. The van der Waals surface area contributed by atoms with Crippen LogP contribution in [0.5, 0.6) is 0 Å². The van der Waals surface area contributed by atoms with Gasteiger partial charge in [-0.3, -0.25) is 10.1 Å². The predicted molar refractivity (Wildman–Crippen MR) is 44.0 cm³/mol. The zero-order chi connectivity index (χ0) is 10.9. The fraction of sp³-hybridized carbons (Fsp3) is 0.333. The van der Waals surface area contributed by atoms with Crippen molar-refractivity contribution in [3.63, 3.8) is 0 Å². The van der Waals surface area contributed by atoms with Crippen LogP contribution in [0.3, 0.4) is 0 Å². The van der Waals surface area contributed by atoms with Crippen LogP contribution in [0.25, 0.3) is 0 Å². The summed E-state index contributed by atoms with van der Waals surface area (Å²) in [5, 5.41) is 9.83. The first-order valence-electron chi connectivity index (χ1n) is 3.39. The van der Waals surface area contributed by atoms with E-state index in [-0.39, 0.29) is 9.88 Å². The smallest absolute Gasteiger partial charge is 0.316 e. The average molecular weight is 226 g/mol. The predicted octanol–water partition coefficient (Wildman–Crippen LogP) is 2.22. The Labute approximate surface area is 80.3 Å². The Morgan fingerprint density at radius 3 is 2.43 bits per heavy atom. The van der Waals surface area contributed by atoms with E-state index in [2.05, 4.69) is 0 Å². The van der Waals surface area contributed by atoms with Crippen LogP contribution in [-0.4, -0.2) is 11.1 Å². The maximum absolute atomic E-state index is 12.1. The van der Waals surface area contributed by atoms with E-state index in [0.29, 0.717) is 11.3 Å². The zero-order valence-electron chi connectivity index (χ0n) is 6.62.